The van der Waals surface area contributed by atoms with Crippen LogP contribution in [0.15, 0.2) is 42.5 Å². The second-order valence-electron chi connectivity index (χ2n) is 7.39. The van der Waals surface area contributed by atoms with E-state index in [1.54, 1.807) is 0 Å². The Balaban J connectivity index is 1.70. The van der Waals surface area contributed by atoms with E-state index in [1.807, 2.05) is 30.0 Å². The normalized spacial score (nSPS) is 22.5. The lowest BCUT2D eigenvalue weighted by Gasteiger charge is -2.23. The number of benzene rings is 1. The zero-order valence-corrected chi connectivity index (χ0v) is 16.5. The molecule has 4 heteroatoms. The van der Waals surface area contributed by atoms with Gasteiger partial charge in [0.15, 0.2) is 0 Å². The number of allylic oxidation sites excluding steroid dienone is 2. The summed E-state index contributed by atoms with van der Waals surface area (Å²) in [6.07, 6.45) is 8.93. The Morgan fingerprint density at radius 3 is 2.69 bits per heavy atom. The minimum Gasteiger partial charge on any atom is -0.481 e. The molecule has 0 aromatic heterocycles. The zero-order chi connectivity index (χ0) is 18.8. The molecular weight excluding hydrogens is 344 g/mol. The molecule has 1 heterocycles. The highest BCUT2D eigenvalue weighted by Crippen LogP contribution is 2.36. The van der Waals surface area contributed by atoms with Gasteiger partial charge in [-0.05, 0) is 61.0 Å². The molecule has 3 nitrogen and oxygen atoms in total. The topological polar surface area (TPSA) is 57.5 Å². The van der Waals surface area contributed by atoms with Gasteiger partial charge in [-0.3, -0.25) is 4.79 Å². The summed E-state index contributed by atoms with van der Waals surface area (Å²) in [4.78, 5) is 10.5. The van der Waals surface area contributed by atoms with Crippen LogP contribution in [0.4, 0.5) is 0 Å². The first kappa shape index (κ1) is 21.0. The Hall–Kier alpha value is -1.26. The number of aliphatic carboxylic acids is 1. The number of hydrogen-bond donors (Lipinski definition) is 2. The fourth-order valence-electron chi connectivity index (χ4n) is 3.60. The average molecular weight is 377 g/mol. The Morgan fingerprint density at radius 2 is 1.96 bits per heavy atom. The Labute approximate surface area is 161 Å². The second kappa shape index (κ2) is 11.5. The van der Waals surface area contributed by atoms with Gasteiger partial charge in [0.2, 0.25) is 0 Å². The molecule has 0 spiro atoms. The van der Waals surface area contributed by atoms with Gasteiger partial charge in [0.25, 0.3) is 0 Å². The molecule has 26 heavy (non-hydrogen) atoms. The molecule has 0 saturated carbocycles. The van der Waals surface area contributed by atoms with E-state index >= 15 is 0 Å². The van der Waals surface area contributed by atoms with Crippen LogP contribution in [0.3, 0.4) is 0 Å². The molecule has 2 rings (SSSR count). The average Bonchev–Trinajstić information content (AvgIpc) is 3.09. The van der Waals surface area contributed by atoms with Crippen molar-refractivity contribution in [2.45, 2.75) is 57.5 Å². The van der Waals surface area contributed by atoms with Crippen LogP contribution in [0.2, 0.25) is 0 Å². The third-order valence-corrected chi connectivity index (χ3v) is 6.76. The maximum Gasteiger partial charge on any atom is 0.303 e. The van der Waals surface area contributed by atoms with Gasteiger partial charge < -0.3 is 10.2 Å². The smallest absolute Gasteiger partial charge is 0.303 e. The molecule has 4 atom stereocenters. The standard InChI is InChI=1S/C22H32O3S/c1-17(18-9-6-4-7-10-18)21(23)14-13-20-16-26-15-19(20)11-5-2-3-8-12-22(24)25/h2,4-7,9-10,17,19-21,23H,3,8,11-16H2,1H3,(H,24,25)/b5-2-/t17?,19-,20+,21?/m0/s1. The first-order valence-electron chi connectivity index (χ1n) is 9.75. The summed E-state index contributed by atoms with van der Waals surface area (Å²) in [5.74, 6) is 3.24. The molecule has 1 saturated heterocycles. The van der Waals surface area contributed by atoms with Crippen LogP contribution in [0.1, 0.15) is 56.9 Å². The Bertz CT molecular complexity index is 558. The molecular formula is C22H32O3S. The van der Waals surface area contributed by atoms with Gasteiger partial charge in [-0.15, -0.1) is 0 Å². The van der Waals surface area contributed by atoms with Crippen LogP contribution in [0, 0.1) is 11.8 Å². The number of hydrogen-bond acceptors (Lipinski definition) is 3. The highest BCUT2D eigenvalue weighted by molar-refractivity contribution is 7.99. The lowest BCUT2D eigenvalue weighted by molar-refractivity contribution is -0.137. The van der Waals surface area contributed by atoms with E-state index in [-0.39, 0.29) is 18.4 Å². The summed E-state index contributed by atoms with van der Waals surface area (Å²) >= 11 is 2.03. The van der Waals surface area contributed by atoms with E-state index in [1.165, 1.54) is 17.1 Å². The molecule has 2 unspecified atom stereocenters. The van der Waals surface area contributed by atoms with Gasteiger partial charge in [-0.1, -0.05) is 49.4 Å². The quantitative estimate of drug-likeness (QED) is 0.416. The van der Waals surface area contributed by atoms with Gasteiger partial charge in [0.05, 0.1) is 6.10 Å². The van der Waals surface area contributed by atoms with Crippen LogP contribution in [0.25, 0.3) is 0 Å². The van der Waals surface area contributed by atoms with Gasteiger partial charge >= 0.3 is 5.97 Å². The number of carbonyl (C=O) groups is 1. The number of rotatable bonds is 11. The number of aliphatic hydroxyl groups is 1. The lowest BCUT2D eigenvalue weighted by atomic mass is 9.85. The van der Waals surface area contributed by atoms with Crippen molar-refractivity contribution in [1.29, 1.82) is 0 Å². The summed E-state index contributed by atoms with van der Waals surface area (Å²) < 4.78 is 0. The third-order valence-electron chi connectivity index (χ3n) is 5.43. The van der Waals surface area contributed by atoms with E-state index < -0.39 is 5.97 Å². The fourth-order valence-corrected chi connectivity index (χ4v) is 5.18. The molecule has 1 aliphatic rings. The van der Waals surface area contributed by atoms with Crippen molar-refractivity contribution in [2.24, 2.45) is 11.8 Å². The minimum absolute atomic E-state index is 0.179. The highest BCUT2D eigenvalue weighted by atomic mass is 32.2. The van der Waals surface area contributed by atoms with Gasteiger partial charge in [-0.25, -0.2) is 0 Å². The summed E-state index contributed by atoms with van der Waals surface area (Å²) in [6, 6.07) is 10.3. The van der Waals surface area contributed by atoms with Crippen LogP contribution in [0.5, 0.6) is 0 Å². The Kier molecular flexibility index (Phi) is 9.27. The van der Waals surface area contributed by atoms with Crippen molar-refractivity contribution in [3.05, 3.63) is 48.0 Å². The van der Waals surface area contributed by atoms with Crippen molar-refractivity contribution in [3.63, 3.8) is 0 Å². The molecule has 1 aromatic rings. The molecule has 1 fully saturated rings. The fraction of sp³-hybridized carbons (Fsp3) is 0.591. The number of thioether (sulfide) groups is 1. The van der Waals surface area contributed by atoms with Gasteiger partial charge in [0, 0.05) is 12.3 Å². The van der Waals surface area contributed by atoms with Crippen LogP contribution in [-0.2, 0) is 4.79 Å². The predicted octanol–water partition coefficient (Wildman–Crippen LogP) is 5.11. The number of carboxylic acids is 1. The summed E-state index contributed by atoms with van der Waals surface area (Å²) in [5, 5.41) is 19.2. The van der Waals surface area contributed by atoms with Crippen molar-refractivity contribution < 1.29 is 15.0 Å². The third kappa shape index (κ3) is 7.16. The van der Waals surface area contributed by atoms with Crippen molar-refractivity contribution in [2.75, 3.05) is 11.5 Å². The molecule has 1 aromatic carbocycles. The SMILES string of the molecule is CC(c1ccccc1)C(O)CC[C@@H]1CSC[C@@H]1C/C=C\CCCC(=O)O. The van der Waals surface area contributed by atoms with E-state index in [2.05, 4.69) is 31.2 Å². The largest absolute Gasteiger partial charge is 0.481 e. The number of unbranched alkanes of at least 4 members (excludes halogenated alkanes) is 1. The molecule has 0 radical (unpaired) electrons. The predicted molar refractivity (Wildman–Crippen MR) is 110 cm³/mol. The summed E-state index contributed by atoms with van der Waals surface area (Å²) in [5.41, 5.74) is 1.21. The summed E-state index contributed by atoms with van der Waals surface area (Å²) in [7, 11) is 0. The highest BCUT2D eigenvalue weighted by Gasteiger charge is 2.28. The van der Waals surface area contributed by atoms with Crippen molar-refractivity contribution in [3.8, 4) is 0 Å². The van der Waals surface area contributed by atoms with Crippen LogP contribution < -0.4 is 0 Å². The van der Waals surface area contributed by atoms with E-state index in [4.69, 9.17) is 5.11 Å². The first-order valence-corrected chi connectivity index (χ1v) is 10.9. The van der Waals surface area contributed by atoms with E-state index in [9.17, 15) is 9.90 Å². The molecule has 0 aliphatic carbocycles. The Morgan fingerprint density at radius 1 is 1.23 bits per heavy atom. The van der Waals surface area contributed by atoms with E-state index in [0.717, 1.165) is 32.1 Å². The first-order chi connectivity index (χ1) is 12.6. The second-order valence-corrected chi connectivity index (χ2v) is 8.47. The monoisotopic (exact) mass is 376 g/mol. The molecule has 2 N–H and O–H groups in total. The minimum atomic E-state index is -0.714. The maximum atomic E-state index is 10.6. The summed E-state index contributed by atoms with van der Waals surface area (Å²) in [6.45, 7) is 2.11. The maximum absolute atomic E-state index is 10.6. The zero-order valence-electron chi connectivity index (χ0n) is 15.7. The van der Waals surface area contributed by atoms with Gasteiger partial charge in [0.1, 0.15) is 0 Å². The van der Waals surface area contributed by atoms with Crippen molar-refractivity contribution in [1.82, 2.24) is 0 Å². The lowest BCUT2D eigenvalue weighted by Crippen LogP contribution is -2.19. The number of carboxylic acid groups (broad SMARTS) is 1. The van der Waals surface area contributed by atoms with Crippen LogP contribution >= 0.6 is 11.8 Å². The van der Waals surface area contributed by atoms with E-state index in [0.29, 0.717) is 11.8 Å². The molecule has 1 aliphatic heterocycles. The van der Waals surface area contributed by atoms with Crippen molar-refractivity contribution >= 4 is 17.7 Å². The van der Waals surface area contributed by atoms with Gasteiger partial charge in [-0.2, -0.15) is 11.8 Å². The molecule has 0 amide bonds. The molecule has 0 bridgehead atoms. The van der Waals surface area contributed by atoms with Crippen LogP contribution in [-0.4, -0.2) is 33.8 Å². The molecule has 144 valence electrons. The number of aliphatic hydroxyl groups excluding tert-OH is 1.